The maximum Gasteiger partial charge on any atom is 0.276 e. The number of benzene rings is 1. The molecule has 3 amide bonds. The van der Waals surface area contributed by atoms with E-state index in [0.717, 1.165) is 0 Å². The zero-order valence-corrected chi connectivity index (χ0v) is 13.9. The molecule has 23 heavy (non-hydrogen) atoms. The lowest BCUT2D eigenvalue weighted by molar-refractivity contribution is -0.132. The number of aromatic nitrogens is 1. The fourth-order valence-corrected chi connectivity index (χ4v) is 4.62. The Balaban J connectivity index is 2.36. The molecule has 2 heterocycles. The first-order chi connectivity index (χ1) is 10.7. The SMILES string of the molecule is NC(=O)c1[nH]c2ccc(Br)cc2c1S(=O)(=O)N1C(=O)CCC1=O. The summed E-state index contributed by atoms with van der Waals surface area (Å²) in [7, 11) is -4.53. The number of rotatable bonds is 3. The number of sulfonamides is 1. The molecular weight excluding hydrogens is 390 g/mol. The van der Waals surface area contributed by atoms with Gasteiger partial charge in [0, 0.05) is 28.2 Å². The summed E-state index contributed by atoms with van der Waals surface area (Å²) in [5.41, 5.74) is 5.22. The molecule has 0 saturated carbocycles. The largest absolute Gasteiger partial charge is 0.364 e. The highest BCUT2D eigenvalue weighted by Crippen LogP contribution is 2.33. The maximum absolute atomic E-state index is 12.8. The van der Waals surface area contributed by atoms with Gasteiger partial charge in [0.05, 0.1) is 0 Å². The summed E-state index contributed by atoms with van der Waals surface area (Å²) in [5.74, 6) is -2.65. The molecule has 3 rings (SSSR count). The molecule has 0 bridgehead atoms. The van der Waals surface area contributed by atoms with E-state index in [-0.39, 0.29) is 28.2 Å². The van der Waals surface area contributed by atoms with Crippen molar-refractivity contribution >= 4 is 54.6 Å². The van der Waals surface area contributed by atoms with Crippen molar-refractivity contribution in [1.82, 2.24) is 9.29 Å². The van der Waals surface area contributed by atoms with Crippen LogP contribution in [0.15, 0.2) is 27.6 Å². The second-order valence-corrected chi connectivity index (χ2v) is 7.58. The van der Waals surface area contributed by atoms with Gasteiger partial charge in [0.15, 0.2) is 0 Å². The fourth-order valence-electron chi connectivity index (χ4n) is 2.50. The number of amides is 3. The van der Waals surface area contributed by atoms with E-state index in [1.807, 2.05) is 0 Å². The third-order valence-electron chi connectivity index (χ3n) is 3.46. The lowest BCUT2D eigenvalue weighted by Gasteiger charge is -2.14. The van der Waals surface area contributed by atoms with Crippen molar-refractivity contribution < 1.29 is 22.8 Å². The van der Waals surface area contributed by atoms with E-state index in [4.69, 9.17) is 5.73 Å². The maximum atomic E-state index is 12.8. The molecular formula is C13H10BrN3O5S. The van der Waals surface area contributed by atoms with Crippen LogP contribution in [0.1, 0.15) is 23.3 Å². The van der Waals surface area contributed by atoms with E-state index in [1.54, 1.807) is 12.1 Å². The molecule has 0 spiro atoms. The monoisotopic (exact) mass is 399 g/mol. The average molecular weight is 400 g/mol. The van der Waals surface area contributed by atoms with E-state index in [2.05, 4.69) is 20.9 Å². The molecule has 1 aromatic carbocycles. The van der Waals surface area contributed by atoms with E-state index in [1.165, 1.54) is 6.07 Å². The summed E-state index contributed by atoms with van der Waals surface area (Å²) < 4.78 is 26.4. The number of carbonyl (C=O) groups excluding carboxylic acids is 3. The third kappa shape index (κ3) is 2.34. The fraction of sp³-hybridized carbons (Fsp3) is 0.154. The molecule has 1 aliphatic heterocycles. The molecule has 8 nitrogen and oxygen atoms in total. The highest BCUT2D eigenvalue weighted by Gasteiger charge is 2.42. The Hall–Kier alpha value is -2.20. The number of primary amides is 1. The van der Waals surface area contributed by atoms with Gasteiger partial charge in [-0.3, -0.25) is 14.4 Å². The number of imide groups is 1. The van der Waals surface area contributed by atoms with Crippen LogP contribution in [0.25, 0.3) is 10.9 Å². The standard InChI is InChI=1S/C13H10BrN3O5S/c14-6-1-2-8-7(5-6)12(11(16-8)13(15)20)23(21,22)17-9(18)3-4-10(17)19/h1-2,5,16H,3-4H2,(H2,15,20). The molecule has 0 unspecified atom stereocenters. The van der Waals surface area contributed by atoms with Gasteiger partial charge in [-0.15, -0.1) is 0 Å². The third-order valence-corrected chi connectivity index (χ3v) is 5.78. The normalized spacial score (nSPS) is 15.6. The number of carbonyl (C=O) groups is 3. The minimum absolute atomic E-state index is 0.167. The molecule has 1 aromatic heterocycles. The van der Waals surface area contributed by atoms with Gasteiger partial charge in [-0.1, -0.05) is 15.9 Å². The van der Waals surface area contributed by atoms with Crippen LogP contribution < -0.4 is 5.73 Å². The minimum Gasteiger partial charge on any atom is -0.364 e. The number of fused-ring (bicyclic) bond motifs is 1. The molecule has 0 radical (unpaired) electrons. The van der Waals surface area contributed by atoms with Gasteiger partial charge in [0.2, 0.25) is 11.8 Å². The van der Waals surface area contributed by atoms with Gasteiger partial charge >= 0.3 is 0 Å². The number of hydrogen-bond acceptors (Lipinski definition) is 5. The first-order valence-electron chi connectivity index (χ1n) is 6.45. The second kappa shape index (κ2) is 5.17. The first-order valence-corrected chi connectivity index (χ1v) is 8.69. The quantitative estimate of drug-likeness (QED) is 0.739. The van der Waals surface area contributed by atoms with Gasteiger partial charge in [0.1, 0.15) is 10.6 Å². The molecule has 1 aliphatic rings. The van der Waals surface area contributed by atoms with E-state index < -0.39 is 32.6 Å². The number of aromatic amines is 1. The Bertz CT molecular complexity index is 963. The van der Waals surface area contributed by atoms with Crippen LogP contribution >= 0.6 is 15.9 Å². The number of hydrogen-bond donors (Lipinski definition) is 2. The molecule has 120 valence electrons. The lowest BCUT2D eigenvalue weighted by atomic mass is 10.2. The summed E-state index contributed by atoms with van der Waals surface area (Å²) in [5, 5.41) is 0.167. The Morgan fingerprint density at radius 3 is 2.39 bits per heavy atom. The molecule has 0 atom stereocenters. The number of nitrogens with two attached hydrogens (primary N) is 1. The van der Waals surface area contributed by atoms with Crippen LogP contribution in [0.2, 0.25) is 0 Å². The summed E-state index contributed by atoms with van der Waals surface area (Å²) >= 11 is 3.21. The van der Waals surface area contributed by atoms with Crippen LogP contribution in [-0.2, 0) is 19.6 Å². The summed E-state index contributed by atoms with van der Waals surface area (Å²) in [6, 6.07) is 4.67. The molecule has 1 fully saturated rings. The van der Waals surface area contributed by atoms with Crippen LogP contribution in [0.5, 0.6) is 0 Å². The molecule has 10 heteroatoms. The smallest absolute Gasteiger partial charge is 0.276 e. The van der Waals surface area contributed by atoms with E-state index in [9.17, 15) is 22.8 Å². The zero-order valence-electron chi connectivity index (χ0n) is 11.5. The molecule has 1 saturated heterocycles. The van der Waals surface area contributed by atoms with Crippen molar-refractivity contribution in [2.24, 2.45) is 5.73 Å². The van der Waals surface area contributed by atoms with E-state index >= 15 is 0 Å². The van der Waals surface area contributed by atoms with Crippen molar-refractivity contribution in [1.29, 1.82) is 0 Å². The van der Waals surface area contributed by atoms with E-state index in [0.29, 0.717) is 9.99 Å². The topological polar surface area (TPSA) is 130 Å². The Kier molecular flexibility index (Phi) is 3.52. The van der Waals surface area contributed by atoms with Crippen LogP contribution in [-0.4, -0.2) is 35.4 Å². The van der Waals surface area contributed by atoms with Gasteiger partial charge in [-0.2, -0.15) is 4.31 Å². The highest BCUT2D eigenvalue weighted by atomic mass is 79.9. The number of nitrogens with zero attached hydrogens (tertiary/aromatic N) is 1. The Morgan fingerprint density at radius 2 is 1.83 bits per heavy atom. The van der Waals surface area contributed by atoms with Gasteiger partial charge < -0.3 is 10.7 Å². The zero-order chi connectivity index (χ0) is 16.9. The summed E-state index contributed by atoms with van der Waals surface area (Å²) in [6.07, 6.45) is -0.369. The van der Waals surface area contributed by atoms with Gasteiger partial charge in [-0.05, 0) is 18.2 Å². The highest BCUT2D eigenvalue weighted by molar-refractivity contribution is 9.10. The first kappa shape index (κ1) is 15.7. The molecule has 3 N–H and O–H groups in total. The predicted molar refractivity (Wildman–Crippen MR) is 82.8 cm³/mol. The average Bonchev–Trinajstić information content (AvgIpc) is 2.99. The van der Waals surface area contributed by atoms with Crippen LogP contribution in [0.4, 0.5) is 0 Å². The minimum atomic E-state index is -4.53. The summed E-state index contributed by atoms with van der Waals surface area (Å²) in [4.78, 5) is 37.4. The lowest BCUT2D eigenvalue weighted by Crippen LogP contribution is -2.36. The Morgan fingerprint density at radius 1 is 1.22 bits per heavy atom. The number of nitrogens with one attached hydrogen (secondary N) is 1. The van der Waals surface area contributed by atoms with Gasteiger partial charge in [-0.25, -0.2) is 8.42 Å². The van der Waals surface area contributed by atoms with Crippen molar-refractivity contribution in [3.05, 3.63) is 28.4 Å². The molecule has 0 aliphatic carbocycles. The van der Waals surface area contributed by atoms with Gasteiger partial charge in [0.25, 0.3) is 15.9 Å². The van der Waals surface area contributed by atoms with Crippen LogP contribution in [0.3, 0.4) is 0 Å². The second-order valence-electron chi connectivity index (χ2n) is 4.94. The van der Waals surface area contributed by atoms with Crippen molar-refractivity contribution in [3.63, 3.8) is 0 Å². The summed E-state index contributed by atoms with van der Waals surface area (Å²) in [6.45, 7) is 0. The van der Waals surface area contributed by atoms with Crippen molar-refractivity contribution in [2.45, 2.75) is 17.7 Å². The van der Waals surface area contributed by atoms with Crippen molar-refractivity contribution in [3.8, 4) is 0 Å². The number of H-pyrrole nitrogens is 1. The molecule has 2 aromatic rings. The van der Waals surface area contributed by atoms with Crippen molar-refractivity contribution in [2.75, 3.05) is 0 Å². The predicted octanol–water partition coefficient (Wildman–Crippen LogP) is 0.867. The van der Waals surface area contributed by atoms with Crippen LogP contribution in [0, 0.1) is 0 Å². The Labute approximate surface area is 138 Å². The number of halogens is 1.